The summed E-state index contributed by atoms with van der Waals surface area (Å²) in [7, 11) is 1.35. The van der Waals surface area contributed by atoms with E-state index in [2.05, 4.69) is 20.4 Å². The van der Waals surface area contributed by atoms with E-state index < -0.39 is 5.56 Å². The number of aromatic nitrogens is 3. The number of nitrogens with zero attached hydrogens (tertiary/aromatic N) is 6. The van der Waals surface area contributed by atoms with E-state index in [0.29, 0.717) is 5.13 Å². The van der Waals surface area contributed by atoms with Crippen LogP contribution >= 0.6 is 23.1 Å². The van der Waals surface area contributed by atoms with E-state index in [9.17, 15) is 9.90 Å². The molecule has 2 aromatic heterocycles. The number of nitriles is 1. The third-order valence-corrected chi connectivity index (χ3v) is 4.48. The van der Waals surface area contributed by atoms with Gasteiger partial charge in [-0.25, -0.2) is 0 Å². The van der Waals surface area contributed by atoms with Gasteiger partial charge in [-0.15, -0.1) is 20.4 Å². The summed E-state index contributed by atoms with van der Waals surface area (Å²) in [5.74, 6) is -0.389. The molecule has 0 spiro atoms. The molecule has 0 amide bonds. The number of thioether (sulfide) groups is 1. The van der Waals surface area contributed by atoms with Crippen molar-refractivity contribution in [1.29, 1.82) is 5.26 Å². The van der Waals surface area contributed by atoms with Gasteiger partial charge in [0.05, 0.1) is 0 Å². The van der Waals surface area contributed by atoms with Crippen molar-refractivity contribution in [2.75, 3.05) is 6.26 Å². The molecule has 0 atom stereocenters. The lowest BCUT2D eigenvalue weighted by atomic mass is 10.1. The Labute approximate surface area is 127 Å². The van der Waals surface area contributed by atoms with Crippen LogP contribution < -0.4 is 5.56 Å². The zero-order valence-corrected chi connectivity index (χ0v) is 13.0. The Morgan fingerprint density at radius 1 is 1.43 bits per heavy atom. The highest BCUT2D eigenvalue weighted by atomic mass is 32.2. The van der Waals surface area contributed by atoms with Gasteiger partial charge in [0.2, 0.25) is 5.88 Å². The molecule has 2 rings (SSSR count). The molecule has 10 heteroatoms. The Hall–Kier alpha value is -2.25. The summed E-state index contributed by atoms with van der Waals surface area (Å²) >= 11 is 2.67. The molecule has 0 unspecified atom stereocenters. The van der Waals surface area contributed by atoms with Gasteiger partial charge in [-0.1, -0.05) is 23.1 Å². The van der Waals surface area contributed by atoms with Gasteiger partial charge in [0.25, 0.3) is 10.7 Å². The average molecular weight is 322 g/mol. The smallest absolute Gasteiger partial charge is 0.281 e. The Balaban J connectivity index is 2.52. The lowest BCUT2D eigenvalue weighted by Crippen LogP contribution is -2.18. The van der Waals surface area contributed by atoms with Crippen molar-refractivity contribution in [1.82, 2.24) is 14.8 Å². The maximum Gasteiger partial charge on any atom is 0.281 e. The monoisotopic (exact) mass is 322 g/mol. The topological polar surface area (TPSA) is 117 Å². The lowest BCUT2D eigenvalue weighted by molar-refractivity contribution is 0.421. The maximum atomic E-state index is 12.1. The first-order valence-corrected chi connectivity index (χ1v) is 7.65. The summed E-state index contributed by atoms with van der Waals surface area (Å²) in [4.78, 5) is 12.1. The number of hydrogen-bond donors (Lipinski definition) is 1. The summed E-state index contributed by atoms with van der Waals surface area (Å²) in [6.45, 7) is 1.53. The van der Waals surface area contributed by atoms with Crippen LogP contribution in [0.2, 0.25) is 0 Å². The summed E-state index contributed by atoms with van der Waals surface area (Å²) < 4.78 is 1.69. The SMILES string of the molecule is CSc1nnc(N=Nc2c(C)c(C#N)c(O)n(C)c2=O)s1. The summed E-state index contributed by atoms with van der Waals surface area (Å²) in [5, 5.41) is 34.5. The van der Waals surface area contributed by atoms with Crippen molar-refractivity contribution >= 4 is 33.9 Å². The van der Waals surface area contributed by atoms with Crippen LogP contribution in [0.5, 0.6) is 5.88 Å². The van der Waals surface area contributed by atoms with Crippen molar-refractivity contribution < 1.29 is 5.11 Å². The largest absolute Gasteiger partial charge is 0.493 e. The quantitative estimate of drug-likeness (QED) is 0.684. The molecule has 8 nitrogen and oxygen atoms in total. The van der Waals surface area contributed by atoms with Crippen molar-refractivity contribution in [2.24, 2.45) is 17.3 Å². The molecular formula is C11H10N6O2S2. The molecule has 0 bridgehead atoms. The molecule has 2 heterocycles. The predicted molar refractivity (Wildman–Crippen MR) is 78.7 cm³/mol. The first kappa shape index (κ1) is 15.1. The minimum absolute atomic E-state index is 0.00637. The van der Waals surface area contributed by atoms with Crippen LogP contribution in [0.15, 0.2) is 19.4 Å². The molecule has 0 saturated heterocycles. The Morgan fingerprint density at radius 2 is 2.14 bits per heavy atom. The molecule has 0 radical (unpaired) electrons. The van der Waals surface area contributed by atoms with Crippen molar-refractivity contribution in [3.63, 3.8) is 0 Å². The van der Waals surface area contributed by atoms with Gasteiger partial charge in [-0.2, -0.15) is 5.26 Å². The average Bonchev–Trinajstić information content (AvgIpc) is 2.93. The molecule has 21 heavy (non-hydrogen) atoms. The minimum atomic E-state index is -0.539. The summed E-state index contributed by atoms with van der Waals surface area (Å²) in [6, 6.07) is 1.84. The Kier molecular flexibility index (Phi) is 4.35. The van der Waals surface area contributed by atoms with Gasteiger partial charge < -0.3 is 5.11 Å². The molecule has 108 valence electrons. The van der Waals surface area contributed by atoms with E-state index in [4.69, 9.17) is 5.26 Å². The number of azo groups is 1. The number of aromatic hydroxyl groups is 1. The van der Waals surface area contributed by atoms with E-state index in [1.807, 2.05) is 12.3 Å². The van der Waals surface area contributed by atoms with E-state index in [1.165, 1.54) is 37.1 Å². The van der Waals surface area contributed by atoms with E-state index in [0.717, 1.165) is 8.91 Å². The fraction of sp³-hybridized carbons (Fsp3) is 0.273. The van der Waals surface area contributed by atoms with Crippen LogP contribution in [-0.4, -0.2) is 26.1 Å². The van der Waals surface area contributed by atoms with Crippen LogP contribution in [-0.2, 0) is 7.05 Å². The normalized spacial score (nSPS) is 11.0. The van der Waals surface area contributed by atoms with Crippen LogP contribution in [0.3, 0.4) is 0 Å². The summed E-state index contributed by atoms with van der Waals surface area (Å²) in [5.41, 5.74) is -0.278. The Morgan fingerprint density at radius 3 is 2.71 bits per heavy atom. The zero-order valence-electron chi connectivity index (χ0n) is 11.4. The van der Waals surface area contributed by atoms with Crippen molar-refractivity contribution in [3.05, 3.63) is 21.5 Å². The van der Waals surface area contributed by atoms with E-state index in [1.54, 1.807) is 0 Å². The third-order valence-electron chi connectivity index (χ3n) is 2.70. The molecule has 0 saturated carbocycles. The van der Waals surface area contributed by atoms with Gasteiger partial charge in [0.15, 0.2) is 10.0 Å². The highest BCUT2D eigenvalue weighted by Crippen LogP contribution is 2.29. The van der Waals surface area contributed by atoms with Crippen LogP contribution in [0.1, 0.15) is 11.1 Å². The minimum Gasteiger partial charge on any atom is -0.493 e. The van der Waals surface area contributed by atoms with Gasteiger partial charge in [-0.3, -0.25) is 9.36 Å². The second kappa shape index (κ2) is 6.02. The number of rotatable bonds is 3. The fourth-order valence-electron chi connectivity index (χ4n) is 1.54. The highest BCUT2D eigenvalue weighted by Gasteiger charge is 2.17. The van der Waals surface area contributed by atoms with Crippen molar-refractivity contribution in [2.45, 2.75) is 11.3 Å². The fourth-order valence-corrected chi connectivity index (χ4v) is 2.62. The third kappa shape index (κ3) is 2.79. The van der Waals surface area contributed by atoms with Gasteiger partial charge in [0, 0.05) is 12.6 Å². The summed E-state index contributed by atoms with van der Waals surface area (Å²) in [6.07, 6.45) is 1.86. The van der Waals surface area contributed by atoms with Crippen LogP contribution in [0, 0.1) is 18.3 Å². The molecule has 0 aliphatic heterocycles. The molecule has 0 aliphatic carbocycles. The van der Waals surface area contributed by atoms with Crippen LogP contribution in [0.25, 0.3) is 0 Å². The van der Waals surface area contributed by atoms with Gasteiger partial charge >= 0.3 is 0 Å². The van der Waals surface area contributed by atoms with E-state index in [-0.39, 0.29) is 22.7 Å². The molecule has 0 aromatic carbocycles. The molecule has 0 fully saturated rings. The maximum absolute atomic E-state index is 12.1. The van der Waals surface area contributed by atoms with Gasteiger partial charge in [0.1, 0.15) is 11.6 Å². The van der Waals surface area contributed by atoms with Gasteiger partial charge in [-0.05, 0) is 13.2 Å². The van der Waals surface area contributed by atoms with Crippen LogP contribution in [0.4, 0.5) is 10.8 Å². The number of hydrogen-bond acceptors (Lipinski definition) is 9. The second-order valence-corrected chi connectivity index (χ2v) is 5.91. The molecule has 2 aromatic rings. The van der Waals surface area contributed by atoms with Crippen molar-refractivity contribution in [3.8, 4) is 11.9 Å². The molecule has 0 aliphatic rings. The molecule has 1 N–H and O–H groups in total. The standard InChI is InChI=1S/C11H10N6O2S2/c1-5-6(4-12)8(18)17(2)9(19)7(5)13-14-10-15-16-11(20-3)21-10/h18H,1-3H3. The zero-order chi connectivity index (χ0) is 15.6. The highest BCUT2D eigenvalue weighted by molar-refractivity contribution is 8.00. The molecular weight excluding hydrogens is 312 g/mol. The predicted octanol–water partition coefficient (Wildman–Crippen LogP) is 2.26. The first-order chi connectivity index (χ1) is 9.99. The second-order valence-electron chi connectivity index (χ2n) is 3.90. The number of pyridine rings is 1. The first-order valence-electron chi connectivity index (χ1n) is 5.61. The lowest BCUT2D eigenvalue weighted by Gasteiger charge is -2.07. The van der Waals surface area contributed by atoms with E-state index >= 15 is 0 Å². The Bertz CT molecular complexity index is 817.